The number of fused-ring (bicyclic) bond motifs is 2. The molecular formula is C25H30N6O3S2. The summed E-state index contributed by atoms with van der Waals surface area (Å²) in [4.78, 5) is 19.4. The Kier molecular flexibility index (Phi) is 6.42. The molecule has 0 bridgehead atoms. The lowest BCUT2D eigenvalue weighted by molar-refractivity contribution is 0.122. The number of H-pyrrole nitrogens is 1. The average molecular weight is 527 g/mol. The summed E-state index contributed by atoms with van der Waals surface area (Å²) in [6.45, 7) is 5.58. The van der Waals surface area contributed by atoms with Crippen LogP contribution in [0.2, 0.25) is 0 Å². The zero-order chi connectivity index (χ0) is 24.7. The zero-order valence-electron chi connectivity index (χ0n) is 20.2. The molecule has 190 valence electrons. The molecule has 11 heteroatoms. The van der Waals surface area contributed by atoms with Crippen LogP contribution in [0.5, 0.6) is 0 Å². The normalized spacial score (nSPS) is 18.4. The number of hydrogen-bond acceptors (Lipinski definition) is 8. The monoisotopic (exact) mass is 526 g/mol. The van der Waals surface area contributed by atoms with Gasteiger partial charge in [0.1, 0.15) is 0 Å². The molecule has 0 unspecified atom stereocenters. The lowest BCUT2D eigenvalue weighted by Gasteiger charge is -2.31. The third kappa shape index (κ3) is 4.98. The molecule has 2 fully saturated rings. The highest BCUT2D eigenvalue weighted by molar-refractivity contribution is 7.88. The molecule has 5 heterocycles. The second-order valence-corrected chi connectivity index (χ2v) is 12.5. The summed E-state index contributed by atoms with van der Waals surface area (Å²) in [6, 6.07) is 10.5. The van der Waals surface area contributed by atoms with Gasteiger partial charge in [0.15, 0.2) is 11.6 Å². The predicted octanol–water partition coefficient (Wildman–Crippen LogP) is 3.19. The second-order valence-electron chi connectivity index (χ2n) is 9.58. The van der Waals surface area contributed by atoms with Gasteiger partial charge in [-0.25, -0.2) is 23.1 Å². The van der Waals surface area contributed by atoms with E-state index in [0.29, 0.717) is 13.2 Å². The highest BCUT2D eigenvalue weighted by Crippen LogP contribution is 2.36. The number of rotatable bonds is 6. The molecule has 2 aliphatic rings. The van der Waals surface area contributed by atoms with E-state index in [-0.39, 0.29) is 6.04 Å². The van der Waals surface area contributed by atoms with Gasteiger partial charge in [-0.05, 0) is 31.0 Å². The standard InChI is InChI=1S/C25H30N6O3S2/c1-36(32,33)29-17-6-9-30(10-7-17)16-18-15-22-23(35-18)25(31-11-13-34-14-12-31)28-24(27-22)20-3-2-4-21-19(20)5-8-26-21/h2-5,8,15,17,26,29H,6-7,9-14,16H2,1H3. The molecule has 0 spiro atoms. The first-order valence-electron chi connectivity index (χ1n) is 12.3. The fourth-order valence-electron chi connectivity index (χ4n) is 5.16. The third-order valence-corrected chi connectivity index (χ3v) is 8.77. The Morgan fingerprint density at radius 1 is 1.14 bits per heavy atom. The quantitative estimate of drug-likeness (QED) is 0.398. The van der Waals surface area contributed by atoms with Crippen LogP contribution >= 0.6 is 11.3 Å². The molecule has 4 aromatic rings. The number of ether oxygens (including phenoxy) is 1. The smallest absolute Gasteiger partial charge is 0.208 e. The van der Waals surface area contributed by atoms with E-state index in [1.54, 1.807) is 11.3 Å². The fourth-order valence-corrected chi connectivity index (χ4v) is 7.16. The number of piperidine rings is 1. The summed E-state index contributed by atoms with van der Waals surface area (Å²) >= 11 is 1.76. The van der Waals surface area contributed by atoms with E-state index in [4.69, 9.17) is 14.7 Å². The Hall–Kier alpha value is -2.57. The molecule has 0 radical (unpaired) electrons. The number of hydrogen-bond donors (Lipinski definition) is 2. The van der Waals surface area contributed by atoms with Crippen LogP contribution in [-0.4, -0.2) is 80.0 Å². The first-order chi connectivity index (χ1) is 17.4. The van der Waals surface area contributed by atoms with Crippen molar-refractivity contribution in [1.82, 2.24) is 24.6 Å². The highest BCUT2D eigenvalue weighted by Gasteiger charge is 2.24. The summed E-state index contributed by atoms with van der Waals surface area (Å²) in [6.07, 6.45) is 4.82. The van der Waals surface area contributed by atoms with E-state index in [9.17, 15) is 8.42 Å². The minimum atomic E-state index is -3.17. The van der Waals surface area contributed by atoms with E-state index in [1.165, 1.54) is 11.1 Å². The van der Waals surface area contributed by atoms with Crippen molar-refractivity contribution in [3.63, 3.8) is 0 Å². The first-order valence-corrected chi connectivity index (χ1v) is 15.0. The van der Waals surface area contributed by atoms with Crippen molar-refractivity contribution in [2.75, 3.05) is 50.5 Å². The largest absolute Gasteiger partial charge is 0.378 e. The van der Waals surface area contributed by atoms with Crippen LogP contribution in [0.25, 0.3) is 32.5 Å². The van der Waals surface area contributed by atoms with Crippen molar-refractivity contribution in [3.8, 4) is 11.4 Å². The molecular weight excluding hydrogens is 496 g/mol. The number of nitrogens with zero attached hydrogens (tertiary/aromatic N) is 4. The van der Waals surface area contributed by atoms with E-state index in [0.717, 1.165) is 83.9 Å². The SMILES string of the molecule is CS(=O)(=O)NC1CCN(Cc2cc3nc(-c4cccc5[nH]ccc45)nc(N4CCOCC4)c3s2)CC1. The van der Waals surface area contributed by atoms with Gasteiger partial charge in [0.05, 0.1) is 29.7 Å². The summed E-state index contributed by atoms with van der Waals surface area (Å²) < 4.78 is 32.6. The fraction of sp³-hybridized carbons (Fsp3) is 0.440. The van der Waals surface area contributed by atoms with Crippen molar-refractivity contribution in [2.24, 2.45) is 0 Å². The van der Waals surface area contributed by atoms with Crippen LogP contribution in [-0.2, 0) is 21.3 Å². The van der Waals surface area contributed by atoms with Gasteiger partial charge in [0.2, 0.25) is 10.0 Å². The number of aromatic nitrogens is 3. The maximum Gasteiger partial charge on any atom is 0.208 e. The van der Waals surface area contributed by atoms with Crippen LogP contribution in [0.3, 0.4) is 0 Å². The van der Waals surface area contributed by atoms with Gasteiger partial charge in [-0.15, -0.1) is 11.3 Å². The summed E-state index contributed by atoms with van der Waals surface area (Å²) in [5, 5.41) is 1.12. The summed E-state index contributed by atoms with van der Waals surface area (Å²) in [5.74, 6) is 1.73. The molecule has 3 aromatic heterocycles. The van der Waals surface area contributed by atoms with Gasteiger partial charge < -0.3 is 14.6 Å². The molecule has 1 aromatic carbocycles. The number of anilines is 1. The Labute approximate surface area is 214 Å². The zero-order valence-corrected chi connectivity index (χ0v) is 21.9. The molecule has 0 saturated carbocycles. The van der Waals surface area contributed by atoms with Gasteiger partial charge >= 0.3 is 0 Å². The topological polar surface area (TPSA) is 103 Å². The molecule has 6 rings (SSSR count). The third-order valence-electron chi connectivity index (χ3n) is 6.90. The molecule has 0 atom stereocenters. The second kappa shape index (κ2) is 9.71. The van der Waals surface area contributed by atoms with Crippen LogP contribution in [0.15, 0.2) is 36.5 Å². The summed E-state index contributed by atoms with van der Waals surface area (Å²) in [7, 11) is -3.17. The Morgan fingerprint density at radius 3 is 2.72 bits per heavy atom. The lowest BCUT2D eigenvalue weighted by atomic mass is 10.1. The van der Waals surface area contributed by atoms with Crippen molar-refractivity contribution >= 4 is 48.3 Å². The number of morpholine rings is 1. The Balaban J connectivity index is 1.31. The van der Waals surface area contributed by atoms with Crippen LogP contribution in [0.4, 0.5) is 5.82 Å². The van der Waals surface area contributed by atoms with Crippen molar-refractivity contribution in [2.45, 2.75) is 25.4 Å². The first kappa shape index (κ1) is 23.8. The van der Waals surface area contributed by atoms with Crippen LogP contribution < -0.4 is 9.62 Å². The predicted molar refractivity (Wildman–Crippen MR) is 144 cm³/mol. The number of benzene rings is 1. The number of likely N-dealkylation sites (tertiary alicyclic amines) is 1. The molecule has 9 nitrogen and oxygen atoms in total. The van der Waals surface area contributed by atoms with E-state index in [1.807, 2.05) is 12.3 Å². The molecule has 0 aliphatic carbocycles. The minimum Gasteiger partial charge on any atom is -0.378 e. The van der Waals surface area contributed by atoms with Gasteiger partial charge in [-0.1, -0.05) is 12.1 Å². The highest BCUT2D eigenvalue weighted by atomic mass is 32.2. The minimum absolute atomic E-state index is 0.0242. The van der Waals surface area contributed by atoms with Crippen LogP contribution in [0, 0.1) is 0 Å². The van der Waals surface area contributed by atoms with Crippen LogP contribution in [0.1, 0.15) is 17.7 Å². The van der Waals surface area contributed by atoms with Gasteiger partial charge in [0, 0.05) is 66.3 Å². The number of nitrogens with one attached hydrogen (secondary N) is 2. The Morgan fingerprint density at radius 2 is 1.94 bits per heavy atom. The van der Waals surface area contributed by atoms with E-state index in [2.05, 4.69) is 43.8 Å². The van der Waals surface area contributed by atoms with Gasteiger partial charge in [-0.3, -0.25) is 4.90 Å². The van der Waals surface area contributed by atoms with Gasteiger partial charge in [-0.2, -0.15) is 0 Å². The maximum absolute atomic E-state index is 11.6. The molecule has 2 aliphatic heterocycles. The number of thiophene rings is 1. The average Bonchev–Trinajstić information content (AvgIpc) is 3.51. The van der Waals surface area contributed by atoms with E-state index >= 15 is 0 Å². The molecule has 2 saturated heterocycles. The Bertz CT molecular complexity index is 1480. The maximum atomic E-state index is 11.6. The summed E-state index contributed by atoms with van der Waals surface area (Å²) in [5.41, 5.74) is 3.07. The van der Waals surface area contributed by atoms with Crippen molar-refractivity contribution in [1.29, 1.82) is 0 Å². The lowest BCUT2D eigenvalue weighted by Crippen LogP contribution is -2.43. The number of sulfonamides is 1. The van der Waals surface area contributed by atoms with Gasteiger partial charge in [0.25, 0.3) is 0 Å². The molecule has 0 amide bonds. The van der Waals surface area contributed by atoms with Crippen molar-refractivity contribution < 1.29 is 13.2 Å². The van der Waals surface area contributed by atoms with Crippen molar-refractivity contribution in [3.05, 3.63) is 41.4 Å². The molecule has 36 heavy (non-hydrogen) atoms. The number of aromatic amines is 1. The molecule has 2 N–H and O–H groups in total. The van der Waals surface area contributed by atoms with E-state index < -0.39 is 10.0 Å².